The Bertz CT molecular complexity index is 932. The van der Waals surface area contributed by atoms with Gasteiger partial charge in [-0.25, -0.2) is 19.0 Å². The first kappa shape index (κ1) is 15.7. The highest BCUT2D eigenvalue weighted by molar-refractivity contribution is 6.05. The van der Waals surface area contributed by atoms with Crippen molar-refractivity contribution in [3.05, 3.63) is 65.4 Å². The Balaban J connectivity index is 2.09. The molecule has 2 aromatic heterocycles. The van der Waals surface area contributed by atoms with E-state index < -0.39 is 11.9 Å². The number of rotatable bonds is 4. The van der Waals surface area contributed by atoms with E-state index in [9.17, 15) is 19.1 Å². The van der Waals surface area contributed by atoms with Gasteiger partial charge in [-0.05, 0) is 23.8 Å². The number of nitrogens with zero attached hydrogens (tertiary/aromatic N) is 2. The molecule has 1 N–H and O–H groups in total. The highest BCUT2D eigenvalue weighted by atomic mass is 19.1. The van der Waals surface area contributed by atoms with Crippen LogP contribution in [0.3, 0.4) is 0 Å². The van der Waals surface area contributed by atoms with Crippen LogP contribution in [0.25, 0.3) is 10.9 Å². The van der Waals surface area contributed by atoms with Gasteiger partial charge in [-0.3, -0.25) is 0 Å². The van der Waals surface area contributed by atoms with Crippen LogP contribution in [0.15, 0.2) is 42.7 Å². The van der Waals surface area contributed by atoms with Crippen molar-refractivity contribution >= 4 is 22.8 Å². The summed E-state index contributed by atoms with van der Waals surface area (Å²) in [6.07, 6.45) is 2.90. The third-order valence-corrected chi connectivity index (χ3v) is 3.66. The summed E-state index contributed by atoms with van der Waals surface area (Å²) in [5, 5.41) is 9.77. The number of hydrogen-bond acceptors (Lipinski definition) is 4. The van der Waals surface area contributed by atoms with E-state index in [0.717, 1.165) is 5.56 Å². The Morgan fingerprint density at radius 1 is 1.29 bits per heavy atom. The average molecular weight is 328 g/mol. The molecule has 0 amide bonds. The first-order valence-corrected chi connectivity index (χ1v) is 7.04. The third-order valence-electron chi connectivity index (χ3n) is 3.66. The molecular weight excluding hydrogens is 315 g/mol. The summed E-state index contributed by atoms with van der Waals surface area (Å²) in [4.78, 5) is 27.1. The van der Waals surface area contributed by atoms with Gasteiger partial charge in [-0.2, -0.15) is 0 Å². The van der Waals surface area contributed by atoms with Crippen LogP contribution < -0.4 is 0 Å². The molecule has 0 spiro atoms. The number of fused-ring (bicyclic) bond motifs is 1. The standard InChI is InChI=1S/C17H13FN2O4/c1-24-17(23)14-6-12-13(16(21)22)9-20(15(12)7-19-14)8-10-2-4-11(18)5-3-10/h2-7,9H,8H2,1H3,(H,21,22). The molecule has 7 heteroatoms. The Kier molecular flexibility index (Phi) is 3.99. The number of aromatic carboxylic acids is 1. The van der Waals surface area contributed by atoms with Crippen molar-refractivity contribution in [1.29, 1.82) is 0 Å². The molecule has 0 aliphatic heterocycles. The normalized spacial score (nSPS) is 10.8. The molecule has 24 heavy (non-hydrogen) atoms. The van der Waals surface area contributed by atoms with Crippen LogP contribution in [0.4, 0.5) is 4.39 Å². The number of carboxylic acids is 1. The number of esters is 1. The number of hydrogen-bond donors (Lipinski definition) is 1. The maximum Gasteiger partial charge on any atom is 0.356 e. The van der Waals surface area contributed by atoms with Crippen LogP contribution in [0, 0.1) is 5.82 Å². The topological polar surface area (TPSA) is 81.4 Å². The minimum atomic E-state index is -1.11. The molecule has 3 rings (SSSR count). The number of carbonyl (C=O) groups excluding carboxylic acids is 1. The van der Waals surface area contributed by atoms with Crippen molar-refractivity contribution in [1.82, 2.24) is 9.55 Å². The predicted molar refractivity (Wildman–Crippen MR) is 83.5 cm³/mol. The molecule has 0 radical (unpaired) electrons. The molecule has 0 saturated carbocycles. The number of pyridine rings is 1. The fraction of sp³-hybridized carbons (Fsp3) is 0.118. The van der Waals surface area contributed by atoms with Crippen molar-refractivity contribution in [2.75, 3.05) is 7.11 Å². The van der Waals surface area contributed by atoms with Gasteiger partial charge in [0.1, 0.15) is 11.5 Å². The Hall–Kier alpha value is -3.22. The lowest BCUT2D eigenvalue weighted by atomic mass is 10.2. The molecule has 2 heterocycles. The van der Waals surface area contributed by atoms with E-state index in [4.69, 9.17) is 0 Å². The van der Waals surface area contributed by atoms with Gasteiger partial charge in [0.05, 0.1) is 24.4 Å². The van der Waals surface area contributed by atoms with E-state index in [2.05, 4.69) is 9.72 Å². The zero-order valence-electron chi connectivity index (χ0n) is 12.7. The highest BCUT2D eigenvalue weighted by Crippen LogP contribution is 2.23. The van der Waals surface area contributed by atoms with E-state index in [0.29, 0.717) is 17.4 Å². The number of carbonyl (C=O) groups is 2. The molecule has 0 unspecified atom stereocenters. The van der Waals surface area contributed by atoms with E-state index in [1.807, 2.05) is 0 Å². The van der Waals surface area contributed by atoms with Gasteiger partial charge in [0.2, 0.25) is 0 Å². The van der Waals surface area contributed by atoms with Gasteiger partial charge >= 0.3 is 11.9 Å². The second-order valence-corrected chi connectivity index (χ2v) is 5.18. The lowest BCUT2D eigenvalue weighted by Crippen LogP contribution is -2.04. The molecule has 0 bridgehead atoms. The summed E-state index contributed by atoms with van der Waals surface area (Å²) in [6, 6.07) is 7.32. The summed E-state index contributed by atoms with van der Waals surface area (Å²) in [6.45, 7) is 0.351. The van der Waals surface area contributed by atoms with Gasteiger partial charge in [0, 0.05) is 18.1 Å². The van der Waals surface area contributed by atoms with Gasteiger partial charge in [-0.1, -0.05) is 12.1 Å². The van der Waals surface area contributed by atoms with Crippen molar-refractivity contribution in [2.24, 2.45) is 0 Å². The molecule has 6 nitrogen and oxygen atoms in total. The van der Waals surface area contributed by atoms with Crippen molar-refractivity contribution in [3.8, 4) is 0 Å². The van der Waals surface area contributed by atoms with Gasteiger partial charge < -0.3 is 14.4 Å². The summed E-state index contributed by atoms with van der Waals surface area (Å²) in [5.74, 6) is -2.09. The average Bonchev–Trinajstić information content (AvgIpc) is 2.94. The molecular formula is C17H13FN2O4. The molecule has 0 aliphatic rings. The second-order valence-electron chi connectivity index (χ2n) is 5.18. The fourth-order valence-corrected chi connectivity index (χ4v) is 2.49. The number of carboxylic acid groups (broad SMARTS) is 1. The zero-order valence-corrected chi connectivity index (χ0v) is 12.7. The van der Waals surface area contributed by atoms with Crippen LogP contribution >= 0.6 is 0 Å². The first-order chi connectivity index (χ1) is 11.5. The summed E-state index contributed by atoms with van der Waals surface area (Å²) in [7, 11) is 1.23. The molecule has 0 fully saturated rings. The molecule has 122 valence electrons. The molecule has 0 atom stereocenters. The number of methoxy groups -OCH3 is 1. The minimum Gasteiger partial charge on any atom is -0.478 e. The SMILES string of the molecule is COC(=O)c1cc2c(C(=O)O)cn(Cc3ccc(F)cc3)c2cn1. The van der Waals surface area contributed by atoms with Gasteiger partial charge in [0.25, 0.3) is 0 Å². The largest absolute Gasteiger partial charge is 0.478 e. The van der Waals surface area contributed by atoms with E-state index in [1.165, 1.54) is 37.7 Å². The molecule has 0 saturated heterocycles. The lowest BCUT2D eigenvalue weighted by Gasteiger charge is -2.06. The molecule has 0 aliphatic carbocycles. The zero-order chi connectivity index (χ0) is 17.3. The Morgan fingerprint density at radius 2 is 2.00 bits per heavy atom. The van der Waals surface area contributed by atoms with E-state index in [-0.39, 0.29) is 17.1 Å². The van der Waals surface area contributed by atoms with Crippen LogP contribution in [-0.2, 0) is 11.3 Å². The van der Waals surface area contributed by atoms with Crippen molar-refractivity contribution in [3.63, 3.8) is 0 Å². The smallest absolute Gasteiger partial charge is 0.356 e. The van der Waals surface area contributed by atoms with E-state index >= 15 is 0 Å². The van der Waals surface area contributed by atoms with Crippen LogP contribution in [0.1, 0.15) is 26.4 Å². The Morgan fingerprint density at radius 3 is 2.62 bits per heavy atom. The highest BCUT2D eigenvalue weighted by Gasteiger charge is 2.17. The number of aromatic nitrogens is 2. The predicted octanol–water partition coefficient (Wildman–Crippen LogP) is 2.71. The number of ether oxygens (including phenoxy) is 1. The maximum atomic E-state index is 13.0. The van der Waals surface area contributed by atoms with Gasteiger partial charge in [0.15, 0.2) is 0 Å². The van der Waals surface area contributed by atoms with Crippen LogP contribution in [-0.4, -0.2) is 33.7 Å². The summed E-state index contributed by atoms with van der Waals surface area (Å²) < 4.78 is 19.3. The van der Waals surface area contributed by atoms with Crippen LogP contribution in [0.2, 0.25) is 0 Å². The minimum absolute atomic E-state index is 0.0343. The monoisotopic (exact) mass is 328 g/mol. The van der Waals surface area contributed by atoms with Crippen LogP contribution in [0.5, 0.6) is 0 Å². The Labute approximate surface area is 136 Å². The second kappa shape index (κ2) is 6.11. The lowest BCUT2D eigenvalue weighted by molar-refractivity contribution is 0.0593. The van der Waals surface area contributed by atoms with Crippen molar-refractivity contribution < 1.29 is 23.8 Å². The number of benzene rings is 1. The molecule has 3 aromatic rings. The maximum absolute atomic E-state index is 13.0. The van der Waals surface area contributed by atoms with Gasteiger partial charge in [-0.15, -0.1) is 0 Å². The van der Waals surface area contributed by atoms with Crippen molar-refractivity contribution in [2.45, 2.75) is 6.54 Å². The first-order valence-electron chi connectivity index (χ1n) is 7.04. The number of halogens is 1. The fourth-order valence-electron chi connectivity index (χ4n) is 2.49. The summed E-state index contributed by atoms with van der Waals surface area (Å²) >= 11 is 0. The molecule has 1 aromatic carbocycles. The van der Waals surface area contributed by atoms with E-state index in [1.54, 1.807) is 16.7 Å². The third kappa shape index (κ3) is 2.83. The summed E-state index contributed by atoms with van der Waals surface area (Å²) in [5.41, 5.74) is 1.46. The quantitative estimate of drug-likeness (QED) is 0.745.